The molecule has 2 aliphatic rings. The average Bonchev–Trinajstić information content (AvgIpc) is 2.45. The van der Waals surface area contributed by atoms with Crippen LogP contribution in [0.3, 0.4) is 0 Å². The zero-order valence-corrected chi connectivity index (χ0v) is 11.3. The fourth-order valence-corrected chi connectivity index (χ4v) is 3.31. The van der Waals surface area contributed by atoms with Crippen LogP contribution in [0.2, 0.25) is 0 Å². The highest BCUT2D eigenvalue weighted by molar-refractivity contribution is 6.26. The number of halogens is 1. The number of hydrogen-bond acceptors (Lipinski definition) is 2. The Morgan fingerprint density at radius 3 is 2.44 bits per heavy atom. The zero-order chi connectivity index (χ0) is 12.3. The number of piperidine rings is 1. The van der Waals surface area contributed by atoms with Gasteiger partial charge in [-0.05, 0) is 34.6 Å². The van der Waals surface area contributed by atoms with Crippen molar-refractivity contribution >= 4 is 17.7 Å². The SMILES string of the molecule is C[C@@H]1[C@@H]2[C@H](CN1C(=O)OC(C)(C)C)C2(C)Cl. The number of likely N-dealkylation sites (tertiary alicyclic amines) is 1. The fraction of sp³-hybridized carbons (Fsp3) is 0.917. The van der Waals surface area contributed by atoms with Crippen LogP contribution in [-0.2, 0) is 4.74 Å². The molecule has 16 heavy (non-hydrogen) atoms. The van der Waals surface area contributed by atoms with E-state index in [2.05, 4.69) is 13.8 Å². The molecule has 2 fully saturated rings. The summed E-state index contributed by atoms with van der Waals surface area (Å²) in [6.07, 6.45) is -0.209. The predicted molar refractivity (Wildman–Crippen MR) is 63.6 cm³/mol. The molecule has 0 aromatic carbocycles. The van der Waals surface area contributed by atoms with Crippen LogP contribution in [0.4, 0.5) is 4.79 Å². The first-order valence-electron chi connectivity index (χ1n) is 5.83. The van der Waals surface area contributed by atoms with Gasteiger partial charge in [0.25, 0.3) is 0 Å². The third kappa shape index (κ3) is 1.79. The van der Waals surface area contributed by atoms with Gasteiger partial charge in [0.05, 0.1) is 4.87 Å². The lowest BCUT2D eigenvalue weighted by molar-refractivity contribution is 0.0201. The van der Waals surface area contributed by atoms with Gasteiger partial charge in [-0.1, -0.05) is 0 Å². The molecule has 1 saturated carbocycles. The van der Waals surface area contributed by atoms with E-state index in [4.69, 9.17) is 16.3 Å². The van der Waals surface area contributed by atoms with E-state index in [1.54, 1.807) is 0 Å². The van der Waals surface area contributed by atoms with Crippen LogP contribution in [0.15, 0.2) is 0 Å². The van der Waals surface area contributed by atoms with Gasteiger partial charge < -0.3 is 9.64 Å². The number of amides is 1. The van der Waals surface area contributed by atoms with Crippen molar-refractivity contribution in [1.82, 2.24) is 4.90 Å². The highest BCUT2D eigenvalue weighted by atomic mass is 35.5. The lowest BCUT2D eigenvalue weighted by atomic mass is 10.2. The maximum absolute atomic E-state index is 11.9. The quantitative estimate of drug-likeness (QED) is 0.615. The minimum absolute atomic E-state index is 0.0993. The summed E-state index contributed by atoms with van der Waals surface area (Å²) < 4.78 is 5.37. The van der Waals surface area contributed by atoms with E-state index in [0.717, 1.165) is 6.54 Å². The van der Waals surface area contributed by atoms with Crippen molar-refractivity contribution in [1.29, 1.82) is 0 Å². The van der Waals surface area contributed by atoms with Crippen molar-refractivity contribution in [3.63, 3.8) is 0 Å². The summed E-state index contributed by atoms with van der Waals surface area (Å²) >= 11 is 6.33. The number of fused-ring (bicyclic) bond motifs is 1. The zero-order valence-electron chi connectivity index (χ0n) is 10.6. The minimum atomic E-state index is -0.423. The Morgan fingerprint density at radius 2 is 2.06 bits per heavy atom. The molecule has 0 aromatic heterocycles. The first-order chi connectivity index (χ1) is 7.14. The molecule has 0 N–H and O–H groups in total. The van der Waals surface area contributed by atoms with E-state index in [1.165, 1.54) is 0 Å². The Balaban J connectivity index is 1.98. The second-order valence-electron chi connectivity index (χ2n) is 6.16. The van der Waals surface area contributed by atoms with Gasteiger partial charge >= 0.3 is 6.09 Å². The van der Waals surface area contributed by atoms with Gasteiger partial charge in [-0.25, -0.2) is 4.79 Å². The van der Waals surface area contributed by atoms with E-state index in [-0.39, 0.29) is 17.0 Å². The molecule has 0 radical (unpaired) electrons. The monoisotopic (exact) mass is 245 g/mol. The first-order valence-corrected chi connectivity index (χ1v) is 6.21. The number of ether oxygens (including phenoxy) is 1. The summed E-state index contributed by atoms with van der Waals surface area (Å²) in [5.74, 6) is 0.873. The van der Waals surface area contributed by atoms with Gasteiger partial charge in [-0.3, -0.25) is 0 Å². The number of carbonyl (C=O) groups excluding carboxylic acids is 1. The average molecular weight is 246 g/mol. The Labute approximate surface area is 102 Å². The molecule has 0 bridgehead atoms. The van der Waals surface area contributed by atoms with E-state index < -0.39 is 5.60 Å². The van der Waals surface area contributed by atoms with Crippen LogP contribution in [0.25, 0.3) is 0 Å². The minimum Gasteiger partial charge on any atom is -0.444 e. The standard InChI is InChI=1S/C12H20ClNO2/c1-7-9-8(12(9,5)13)6-14(7)10(15)16-11(2,3)4/h7-9H,6H2,1-5H3/t7-,8+,9-,12?/m1/s1. The Bertz CT molecular complexity index is 321. The summed E-state index contributed by atoms with van der Waals surface area (Å²) in [6, 6.07) is 0.197. The van der Waals surface area contributed by atoms with E-state index in [0.29, 0.717) is 11.8 Å². The lowest BCUT2D eigenvalue weighted by Crippen LogP contribution is -2.42. The maximum Gasteiger partial charge on any atom is 0.410 e. The van der Waals surface area contributed by atoms with Gasteiger partial charge in [0, 0.05) is 24.4 Å². The molecule has 0 aromatic rings. The van der Waals surface area contributed by atoms with Crippen LogP contribution < -0.4 is 0 Å². The highest BCUT2D eigenvalue weighted by Crippen LogP contribution is 2.62. The van der Waals surface area contributed by atoms with Crippen molar-refractivity contribution in [3.8, 4) is 0 Å². The van der Waals surface area contributed by atoms with Crippen LogP contribution in [0, 0.1) is 11.8 Å². The van der Waals surface area contributed by atoms with Crippen LogP contribution in [0.1, 0.15) is 34.6 Å². The first kappa shape index (κ1) is 12.0. The van der Waals surface area contributed by atoms with Crippen LogP contribution >= 0.6 is 11.6 Å². The van der Waals surface area contributed by atoms with E-state index in [1.807, 2.05) is 25.7 Å². The highest BCUT2D eigenvalue weighted by Gasteiger charge is 2.68. The molecule has 1 amide bonds. The van der Waals surface area contributed by atoms with Crippen LogP contribution in [-0.4, -0.2) is 34.1 Å². The van der Waals surface area contributed by atoms with Crippen molar-refractivity contribution in [2.24, 2.45) is 11.8 Å². The third-order valence-electron chi connectivity index (χ3n) is 3.73. The van der Waals surface area contributed by atoms with Crippen molar-refractivity contribution in [2.75, 3.05) is 6.54 Å². The van der Waals surface area contributed by atoms with Gasteiger partial charge in [-0.15, -0.1) is 11.6 Å². The van der Waals surface area contributed by atoms with E-state index >= 15 is 0 Å². The Morgan fingerprint density at radius 1 is 1.50 bits per heavy atom. The molecule has 92 valence electrons. The molecule has 4 atom stereocenters. The summed E-state index contributed by atoms with van der Waals surface area (Å²) in [7, 11) is 0. The summed E-state index contributed by atoms with van der Waals surface area (Å²) in [6.45, 7) is 10.5. The third-order valence-corrected chi connectivity index (χ3v) is 4.27. The number of carbonyl (C=O) groups is 1. The molecule has 1 heterocycles. The van der Waals surface area contributed by atoms with E-state index in [9.17, 15) is 4.79 Å². The number of alkyl halides is 1. The molecule has 4 heteroatoms. The molecule has 1 aliphatic carbocycles. The van der Waals surface area contributed by atoms with Crippen molar-refractivity contribution in [3.05, 3.63) is 0 Å². The molecule has 1 unspecified atom stereocenters. The van der Waals surface area contributed by atoms with Crippen molar-refractivity contribution < 1.29 is 9.53 Å². The summed E-state index contributed by atoms with van der Waals surface area (Å²) in [5, 5.41) is 0. The summed E-state index contributed by atoms with van der Waals surface area (Å²) in [5.41, 5.74) is -0.423. The van der Waals surface area contributed by atoms with Crippen molar-refractivity contribution in [2.45, 2.75) is 51.1 Å². The topological polar surface area (TPSA) is 29.5 Å². The van der Waals surface area contributed by atoms with Gasteiger partial charge in [0.1, 0.15) is 5.60 Å². The number of rotatable bonds is 0. The Kier molecular flexibility index (Phi) is 2.47. The molecular weight excluding hydrogens is 226 g/mol. The fourth-order valence-electron chi connectivity index (χ4n) is 2.83. The lowest BCUT2D eigenvalue weighted by Gasteiger charge is -2.30. The smallest absolute Gasteiger partial charge is 0.410 e. The van der Waals surface area contributed by atoms with Gasteiger partial charge in [-0.2, -0.15) is 0 Å². The largest absolute Gasteiger partial charge is 0.444 e. The van der Waals surface area contributed by atoms with Gasteiger partial charge in [0.15, 0.2) is 0 Å². The maximum atomic E-state index is 11.9. The predicted octanol–water partition coefficient (Wildman–Crippen LogP) is 2.87. The van der Waals surface area contributed by atoms with Crippen LogP contribution in [0.5, 0.6) is 0 Å². The number of hydrogen-bond donors (Lipinski definition) is 0. The molecule has 1 saturated heterocycles. The second-order valence-corrected chi connectivity index (χ2v) is 6.97. The number of nitrogens with zero attached hydrogens (tertiary/aromatic N) is 1. The second kappa shape index (κ2) is 3.28. The molecular formula is C12H20ClNO2. The molecule has 1 aliphatic heterocycles. The summed E-state index contributed by atoms with van der Waals surface area (Å²) in [4.78, 5) is 13.6. The van der Waals surface area contributed by atoms with Gasteiger partial charge in [0.2, 0.25) is 0 Å². The normalized spacial score (nSPS) is 41.9. The Hall–Kier alpha value is -0.440. The molecule has 0 spiro atoms. The molecule has 2 rings (SSSR count). The molecule has 3 nitrogen and oxygen atoms in total.